The number of hydrogen-bond donors (Lipinski definition) is 0. The molecule has 2 aromatic rings. The van der Waals surface area contributed by atoms with E-state index < -0.39 is 0 Å². The number of nitrogens with zero attached hydrogens (tertiary/aromatic N) is 2. The summed E-state index contributed by atoms with van der Waals surface area (Å²) in [4.78, 5) is 5.94. The van der Waals surface area contributed by atoms with Crippen molar-refractivity contribution in [1.82, 2.24) is 9.55 Å². The van der Waals surface area contributed by atoms with Crippen LogP contribution in [0.15, 0.2) is 24.0 Å². The van der Waals surface area contributed by atoms with E-state index in [1.165, 1.54) is 43.4 Å². The van der Waals surface area contributed by atoms with Crippen LogP contribution >= 0.6 is 11.3 Å². The largest absolute Gasteiger partial charge is 0.322 e. The van der Waals surface area contributed by atoms with Gasteiger partial charge >= 0.3 is 0 Å². The zero-order valence-electron chi connectivity index (χ0n) is 10.3. The van der Waals surface area contributed by atoms with Gasteiger partial charge in [0, 0.05) is 10.4 Å². The lowest BCUT2D eigenvalue weighted by molar-refractivity contribution is -0.0386. The smallest absolute Gasteiger partial charge is 0.0957 e. The molecule has 18 heavy (non-hydrogen) atoms. The zero-order chi connectivity index (χ0) is 11.7. The molecule has 1 unspecified atom stereocenters. The summed E-state index contributed by atoms with van der Waals surface area (Å²) in [6, 6.07) is 2.87. The summed E-state index contributed by atoms with van der Waals surface area (Å²) in [7, 11) is 0. The van der Waals surface area contributed by atoms with Crippen molar-refractivity contribution in [1.29, 1.82) is 0 Å². The summed E-state index contributed by atoms with van der Waals surface area (Å²) in [5.74, 6) is 0.859. The van der Waals surface area contributed by atoms with Crippen LogP contribution in [0.4, 0.5) is 0 Å². The average molecular weight is 256 g/mol. The van der Waals surface area contributed by atoms with E-state index in [0.29, 0.717) is 6.04 Å². The van der Waals surface area contributed by atoms with Gasteiger partial charge in [0.25, 0.3) is 0 Å². The lowest BCUT2D eigenvalue weighted by atomic mass is 9.50. The van der Waals surface area contributed by atoms with E-state index in [1.807, 2.05) is 23.9 Å². The van der Waals surface area contributed by atoms with Crippen LogP contribution < -0.4 is 0 Å². The highest BCUT2D eigenvalue weighted by atomic mass is 32.1. The zero-order valence-corrected chi connectivity index (χ0v) is 11.1. The summed E-state index contributed by atoms with van der Waals surface area (Å²) in [5.41, 5.74) is 3.55. The fourth-order valence-corrected chi connectivity index (χ4v) is 5.52. The van der Waals surface area contributed by atoms with Crippen molar-refractivity contribution >= 4 is 11.3 Å². The fourth-order valence-electron chi connectivity index (χ4n) is 4.42. The lowest BCUT2D eigenvalue weighted by Gasteiger charge is -2.56. The fraction of sp³-hybridized carbons (Fsp3) is 0.533. The van der Waals surface area contributed by atoms with Crippen LogP contribution in [0.5, 0.6) is 0 Å². The van der Waals surface area contributed by atoms with Gasteiger partial charge in [-0.3, -0.25) is 0 Å². The molecule has 1 aliphatic heterocycles. The van der Waals surface area contributed by atoms with Crippen molar-refractivity contribution in [2.45, 2.75) is 38.1 Å². The molecule has 1 atom stereocenters. The second kappa shape index (κ2) is 3.08. The van der Waals surface area contributed by atoms with Gasteiger partial charge in [-0.1, -0.05) is 6.42 Å². The standard InChI is InChI=1S/C15H16N2S/c1-3-15(4-1)6-10(7-15)13-14-11(2-5-18-14)12-8-16-9-17(12)13/h2,5,8-10,13H,1,3-4,6-7H2. The molecular formula is C15H16N2S. The molecule has 2 fully saturated rings. The molecule has 3 heterocycles. The molecule has 92 valence electrons. The maximum atomic E-state index is 4.35. The van der Waals surface area contributed by atoms with Crippen LogP contribution in [0.1, 0.15) is 43.0 Å². The molecule has 2 saturated carbocycles. The monoisotopic (exact) mass is 256 g/mol. The Bertz CT molecular complexity index is 572. The van der Waals surface area contributed by atoms with Gasteiger partial charge < -0.3 is 4.57 Å². The Morgan fingerprint density at radius 2 is 2.22 bits per heavy atom. The maximum absolute atomic E-state index is 4.35. The van der Waals surface area contributed by atoms with Crippen molar-refractivity contribution in [3.05, 3.63) is 28.8 Å². The Kier molecular flexibility index (Phi) is 1.67. The van der Waals surface area contributed by atoms with Gasteiger partial charge in [-0.05, 0) is 48.5 Å². The highest BCUT2D eigenvalue weighted by Gasteiger charge is 2.52. The minimum absolute atomic E-state index is 0.601. The summed E-state index contributed by atoms with van der Waals surface area (Å²) >= 11 is 1.94. The number of hydrogen-bond acceptors (Lipinski definition) is 2. The highest BCUT2D eigenvalue weighted by Crippen LogP contribution is 2.63. The second-order valence-corrected chi connectivity index (χ2v) is 7.30. The van der Waals surface area contributed by atoms with Crippen LogP contribution in [-0.4, -0.2) is 9.55 Å². The van der Waals surface area contributed by atoms with Crippen molar-refractivity contribution in [3.63, 3.8) is 0 Å². The first-order valence-corrected chi connectivity index (χ1v) is 7.84. The van der Waals surface area contributed by atoms with E-state index in [0.717, 1.165) is 11.3 Å². The maximum Gasteiger partial charge on any atom is 0.0957 e. The Morgan fingerprint density at radius 3 is 3.00 bits per heavy atom. The van der Waals surface area contributed by atoms with Crippen molar-refractivity contribution in [2.75, 3.05) is 0 Å². The molecule has 3 aliphatic rings. The van der Waals surface area contributed by atoms with E-state index in [2.05, 4.69) is 21.0 Å². The predicted octanol–water partition coefficient (Wildman–Crippen LogP) is 4.09. The van der Waals surface area contributed by atoms with Gasteiger partial charge in [-0.25, -0.2) is 4.98 Å². The van der Waals surface area contributed by atoms with Crippen LogP contribution in [-0.2, 0) is 0 Å². The molecule has 0 N–H and O–H groups in total. The van der Waals surface area contributed by atoms with E-state index in [1.54, 1.807) is 4.88 Å². The van der Waals surface area contributed by atoms with Gasteiger partial charge in [-0.2, -0.15) is 0 Å². The first-order chi connectivity index (χ1) is 8.86. The summed E-state index contributed by atoms with van der Waals surface area (Å²) in [5, 5.41) is 2.24. The minimum Gasteiger partial charge on any atom is -0.322 e. The minimum atomic E-state index is 0.601. The topological polar surface area (TPSA) is 17.8 Å². The number of aromatic nitrogens is 2. The molecule has 0 saturated heterocycles. The third-order valence-corrected chi connectivity index (χ3v) is 6.44. The number of thiophene rings is 1. The van der Waals surface area contributed by atoms with Crippen LogP contribution in [0.3, 0.4) is 0 Å². The van der Waals surface area contributed by atoms with E-state index in [9.17, 15) is 0 Å². The third kappa shape index (κ3) is 1.03. The molecule has 0 radical (unpaired) electrons. The lowest BCUT2D eigenvalue weighted by Crippen LogP contribution is -2.45. The Labute approximate surface area is 111 Å². The number of rotatable bonds is 1. The quantitative estimate of drug-likeness (QED) is 0.751. The SMILES string of the molecule is c1cc2c(s1)C(C1CC3(CCC3)C1)n1cncc1-2. The number of imidazole rings is 1. The van der Waals surface area contributed by atoms with Crippen LogP contribution in [0, 0.1) is 11.3 Å². The summed E-state index contributed by atoms with van der Waals surface area (Å²) in [6.45, 7) is 0. The van der Waals surface area contributed by atoms with Crippen LogP contribution in [0.25, 0.3) is 11.3 Å². The van der Waals surface area contributed by atoms with Gasteiger partial charge in [0.1, 0.15) is 0 Å². The van der Waals surface area contributed by atoms with E-state index in [4.69, 9.17) is 0 Å². The molecular weight excluding hydrogens is 240 g/mol. The summed E-state index contributed by atoms with van der Waals surface area (Å²) < 4.78 is 2.43. The average Bonchev–Trinajstić information content (AvgIpc) is 2.88. The third-order valence-electron chi connectivity index (χ3n) is 5.46. The van der Waals surface area contributed by atoms with Gasteiger partial charge in [0.15, 0.2) is 0 Å². The normalized spacial score (nSPS) is 27.7. The molecule has 0 aromatic carbocycles. The van der Waals surface area contributed by atoms with Crippen molar-refractivity contribution in [2.24, 2.45) is 11.3 Å². The molecule has 2 aliphatic carbocycles. The van der Waals surface area contributed by atoms with E-state index in [-0.39, 0.29) is 0 Å². The molecule has 5 rings (SSSR count). The first-order valence-electron chi connectivity index (χ1n) is 6.96. The molecule has 2 nitrogen and oxygen atoms in total. The predicted molar refractivity (Wildman–Crippen MR) is 72.7 cm³/mol. The van der Waals surface area contributed by atoms with Crippen molar-refractivity contribution in [3.8, 4) is 11.3 Å². The number of fused-ring (bicyclic) bond motifs is 3. The van der Waals surface area contributed by atoms with Crippen LogP contribution in [0.2, 0.25) is 0 Å². The molecule has 3 heteroatoms. The first kappa shape index (κ1) is 9.79. The molecule has 1 spiro atoms. The Balaban J connectivity index is 1.55. The van der Waals surface area contributed by atoms with Gasteiger partial charge in [-0.15, -0.1) is 11.3 Å². The van der Waals surface area contributed by atoms with E-state index >= 15 is 0 Å². The van der Waals surface area contributed by atoms with Crippen molar-refractivity contribution < 1.29 is 0 Å². The molecule has 0 amide bonds. The molecule has 2 aromatic heterocycles. The summed E-state index contributed by atoms with van der Waals surface area (Å²) in [6.07, 6.45) is 11.4. The Morgan fingerprint density at radius 1 is 1.33 bits per heavy atom. The van der Waals surface area contributed by atoms with Gasteiger partial charge in [0.2, 0.25) is 0 Å². The highest BCUT2D eigenvalue weighted by molar-refractivity contribution is 7.10. The Hall–Kier alpha value is -1.09. The second-order valence-electron chi connectivity index (χ2n) is 6.35. The molecule has 0 bridgehead atoms. The van der Waals surface area contributed by atoms with Gasteiger partial charge in [0.05, 0.1) is 24.3 Å².